The van der Waals surface area contributed by atoms with E-state index >= 15 is 0 Å². The Morgan fingerprint density at radius 2 is 2.40 bits per heavy atom. The molecule has 2 atom stereocenters. The molecule has 0 bridgehead atoms. The second kappa shape index (κ2) is 3.77. The largest absolute Gasteiger partial charge is 0.317 e. The first-order valence-electron chi connectivity index (χ1n) is 4.15. The van der Waals surface area contributed by atoms with Crippen LogP contribution < -0.4 is 5.32 Å². The van der Waals surface area contributed by atoms with Gasteiger partial charge in [0.25, 0.3) is 0 Å². The molecule has 58 valence electrons. The highest BCUT2D eigenvalue weighted by atomic mass is 14.9. The van der Waals surface area contributed by atoms with Crippen molar-refractivity contribution < 1.29 is 0 Å². The number of allylic oxidation sites excluding steroid dienone is 1. The van der Waals surface area contributed by atoms with E-state index in [1.165, 1.54) is 25.7 Å². The molecule has 0 amide bonds. The van der Waals surface area contributed by atoms with Gasteiger partial charge in [0.1, 0.15) is 0 Å². The molecular formula is C9H17N. The van der Waals surface area contributed by atoms with E-state index in [4.69, 9.17) is 0 Å². The highest BCUT2D eigenvalue weighted by molar-refractivity contribution is 4.83. The van der Waals surface area contributed by atoms with Crippen LogP contribution in [0.25, 0.3) is 0 Å². The number of nitrogens with one attached hydrogen (secondary N) is 1. The predicted molar refractivity (Wildman–Crippen MR) is 45.0 cm³/mol. The van der Waals surface area contributed by atoms with Gasteiger partial charge in [-0.3, -0.25) is 0 Å². The maximum atomic E-state index is 3.75. The average molecular weight is 139 g/mol. The van der Waals surface area contributed by atoms with Gasteiger partial charge in [-0.2, -0.15) is 0 Å². The molecule has 0 aliphatic heterocycles. The van der Waals surface area contributed by atoms with E-state index in [9.17, 15) is 0 Å². The van der Waals surface area contributed by atoms with E-state index in [1.54, 1.807) is 0 Å². The Labute approximate surface area is 63.5 Å². The topological polar surface area (TPSA) is 12.0 Å². The van der Waals surface area contributed by atoms with Crippen molar-refractivity contribution in [1.82, 2.24) is 5.32 Å². The van der Waals surface area contributed by atoms with Crippen LogP contribution in [-0.4, -0.2) is 13.1 Å². The third-order valence-electron chi connectivity index (χ3n) is 2.45. The third kappa shape index (κ3) is 1.84. The Morgan fingerprint density at radius 1 is 1.60 bits per heavy atom. The normalized spacial score (nSPS) is 32.5. The number of hydrogen-bond acceptors (Lipinski definition) is 1. The van der Waals surface area contributed by atoms with Crippen molar-refractivity contribution in [1.29, 1.82) is 0 Å². The van der Waals surface area contributed by atoms with Gasteiger partial charge in [-0.25, -0.2) is 0 Å². The number of hydrogen-bond donors (Lipinski definition) is 1. The van der Waals surface area contributed by atoms with Crippen molar-refractivity contribution >= 4 is 0 Å². The molecule has 2 unspecified atom stereocenters. The van der Waals surface area contributed by atoms with E-state index in [-0.39, 0.29) is 0 Å². The Bertz CT molecular complexity index is 109. The zero-order chi connectivity index (χ0) is 7.40. The van der Waals surface area contributed by atoms with Gasteiger partial charge in [-0.05, 0) is 38.6 Å². The minimum Gasteiger partial charge on any atom is -0.317 e. The molecule has 1 fully saturated rings. The molecular weight excluding hydrogens is 122 g/mol. The molecule has 1 heteroatoms. The van der Waals surface area contributed by atoms with Crippen LogP contribution in [0.5, 0.6) is 0 Å². The van der Waals surface area contributed by atoms with Gasteiger partial charge in [0.05, 0.1) is 0 Å². The molecule has 0 aromatic carbocycles. The summed E-state index contributed by atoms with van der Waals surface area (Å²) in [7, 11) is 2.06. The molecule has 0 aromatic heterocycles. The highest BCUT2D eigenvalue weighted by Crippen LogP contribution is 2.27. The molecule has 1 nitrogen and oxygen atoms in total. The molecule has 0 spiro atoms. The molecule has 1 aliphatic carbocycles. The zero-order valence-electron chi connectivity index (χ0n) is 6.77. The first-order chi connectivity index (χ1) is 4.86. The van der Waals surface area contributed by atoms with Gasteiger partial charge in [0.2, 0.25) is 0 Å². The molecule has 1 N–H and O–H groups in total. The average Bonchev–Trinajstić information content (AvgIpc) is 2.37. The van der Waals surface area contributed by atoms with E-state index in [2.05, 4.69) is 18.9 Å². The lowest BCUT2D eigenvalue weighted by Gasteiger charge is -2.07. The summed E-state index contributed by atoms with van der Waals surface area (Å²) < 4.78 is 0. The van der Waals surface area contributed by atoms with Gasteiger partial charge in [0, 0.05) is 6.04 Å². The summed E-state index contributed by atoms with van der Waals surface area (Å²) >= 11 is 0. The van der Waals surface area contributed by atoms with Crippen molar-refractivity contribution in [3.8, 4) is 0 Å². The quantitative estimate of drug-likeness (QED) is 0.589. The molecule has 1 rings (SSSR count). The van der Waals surface area contributed by atoms with Crippen molar-refractivity contribution in [2.75, 3.05) is 7.05 Å². The van der Waals surface area contributed by atoms with Crippen LogP contribution in [0.1, 0.15) is 25.7 Å². The van der Waals surface area contributed by atoms with Crippen molar-refractivity contribution in [2.45, 2.75) is 31.7 Å². The second-order valence-electron chi connectivity index (χ2n) is 3.19. The summed E-state index contributed by atoms with van der Waals surface area (Å²) in [6, 6.07) is 0.782. The maximum Gasteiger partial charge on any atom is 0.00669 e. The zero-order valence-corrected chi connectivity index (χ0v) is 6.77. The smallest absolute Gasteiger partial charge is 0.00669 e. The molecule has 10 heavy (non-hydrogen) atoms. The van der Waals surface area contributed by atoms with Crippen LogP contribution in [0, 0.1) is 5.92 Å². The van der Waals surface area contributed by atoms with Gasteiger partial charge in [-0.15, -0.1) is 6.58 Å². The lowest BCUT2D eigenvalue weighted by atomic mass is 10.0. The minimum absolute atomic E-state index is 0.782. The highest BCUT2D eigenvalue weighted by Gasteiger charge is 2.21. The van der Waals surface area contributed by atoms with Crippen molar-refractivity contribution in [2.24, 2.45) is 5.92 Å². The fourth-order valence-corrected chi connectivity index (χ4v) is 1.79. The molecule has 0 saturated heterocycles. The fourth-order valence-electron chi connectivity index (χ4n) is 1.79. The third-order valence-corrected chi connectivity index (χ3v) is 2.45. The summed E-state index contributed by atoms with van der Waals surface area (Å²) in [6.45, 7) is 3.75. The summed E-state index contributed by atoms with van der Waals surface area (Å²) in [5, 5.41) is 3.32. The first kappa shape index (κ1) is 7.80. The fraction of sp³-hybridized carbons (Fsp3) is 0.778. The summed E-state index contributed by atoms with van der Waals surface area (Å²) in [5.41, 5.74) is 0. The monoisotopic (exact) mass is 139 g/mol. The van der Waals surface area contributed by atoms with Crippen LogP contribution in [0.15, 0.2) is 12.7 Å². The van der Waals surface area contributed by atoms with Gasteiger partial charge in [-0.1, -0.05) is 6.08 Å². The Morgan fingerprint density at radius 3 is 2.90 bits per heavy atom. The molecule has 1 aliphatic rings. The second-order valence-corrected chi connectivity index (χ2v) is 3.19. The van der Waals surface area contributed by atoms with Crippen LogP contribution in [-0.2, 0) is 0 Å². The van der Waals surface area contributed by atoms with E-state index in [1.807, 2.05) is 6.08 Å². The Hall–Kier alpha value is -0.300. The van der Waals surface area contributed by atoms with E-state index in [0.717, 1.165) is 12.0 Å². The maximum absolute atomic E-state index is 3.75. The molecule has 0 radical (unpaired) electrons. The number of rotatable bonds is 3. The van der Waals surface area contributed by atoms with Crippen LogP contribution in [0.4, 0.5) is 0 Å². The van der Waals surface area contributed by atoms with Crippen LogP contribution in [0.3, 0.4) is 0 Å². The van der Waals surface area contributed by atoms with Gasteiger partial charge >= 0.3 is 0 Å². The molecule has 1 saturated carbocycles. The Kier molecular flexibility index (Phi) is 2.94. The summed E-state index contributed by atoms with van der Waals surface area (Å²) in [6.07, 6.45) is 7.34. The molecule has 0 heterocycles. The van der Waals surface area contributed by atoms with Crippen molar-refractivity contribution in [3.63, 3.8) is 0 Å². The lowest BCUT2D eigenvalue weighted by Crippen LogP contribution is -2.21. The Balaban J connectivity index is 2.21. The minimum atomic E-state index is 0.782. The first-order valence-corrected chi connectivity index (χ1v) is 4.15. The molecule has 0 aromatic rings. The van der Waals surface area contributed by atoms with Gasteiger partial charge < -0.3 is 5.32 Å². The summed E-state index contributed by atoms with van der Waals surface area (Å²) in [5.74, 6) is 0.912. The predicted octanol–water partition coefficient (Wildman–Crippen LogP) is 1.95. The van der Waals surface area contributed by atoms with E-state index in [0.29, 0.717) is 0 Å². The van der Waals surface area contributed by atoms with Crippen molar-refractivity contribution in [3.05, 3.63) is 12.7 Å². The van der Waals surface area contributed by atoms with Gasteiger partial charge in [0.15, 0.2) is 0 Å². The van der Waals surface area contributed by atoms with Crippen LogP contribution >= 0.6 is 0 Å². The van der Waals surface area contributed by atoms with E-state index < -0.39 is 0 Å². The standard InChI is InChI=1S/C9H17N/c1-3-4-8-5-6-9(7-8)10-2/h3,8-10H,1,4-7H2,2H3. The summed E-state index contributed by atoms with van der Waals surface area (Å²) in [4.78, 5) is 0. The lowest BCUT2D eigenvalue weighted by molar-refractivity contribution is 0.517. The van der Waals surface area contributed by atoms with Crippen LogP contribution in [0.2, 0.25) is 0 Å². The SMILES string of the molecule is C=CCC1CCC(NC)C1.